The molecule has 4 aromatic rings. The van der Waals surface area contributed by atoms with Gasteiger partial charge in [0.15, 0.2) is 0 Å². The summed E-state index contributed by atoms with van der Waals surface area (Å²) in [5.74, 6) is 0. The number of fused-ring (bicyclic) bond motifs is 1. The number of aliphatic imine (C=N–C) groups is 1. The first-order valence-corrected chi connectivity index (χ1v) is 10.1. The number of rotatable bonds is 4. The van der Waals surface area contributed by atoms with Gasteiger partial charge in [-0.2, -0.15) is 0 Å². The zero-order valence-electron chi connectivity index (χ0n) is 15.2. The van der Waals surface area contributed by atoms with Crippen LogP contribution in [0.5, 0.6) is 0 Å². The Hall–Kier alpha value is -3.43. The highest BCUT2D eigenvalue weighted by Gasteiger charge is 2.20. The molecule has 0 radical (unpaired) electrons. The second kappa shape index (κ2) is 7.29. The molecule has 2 aromatic heterocycles. The van der Waals surface area contributed by atoms with Crippen LogP contribution in [0.25, 0.3) is 23.9 Å². The quantitative estimate of drug-likeness (QED) is 0.415. The van der Waals surface area contributed by atoms with Crippen molar-refractivity contribution in [1.29, 1.82) is 0 Å². The molecule has 0 aliphatic carbocycles. The van der Waals surface area contributed by atoms with E-state index in [1.807, 2.05) is 6.07 Å². The molecule has 0 fully saturated rings. The number of hydrogen-bond acceptors (Lipinski definition) is 2. The minimum atomic E-state index is 0.991. The van der Waals surface area contributed by atoms with E-state index in [0.717, 1.165) is 28.4 Å². The van der Waals surface area contributed by atoms with Crippen LogP contribution in [0.1, 0.15) is 33.0 Å². The van der Waals surface area contributed by atoms with Crippen molar-refractivity contribution in [3.63, 3.8) is 0 Å². The Morgan fingerprint density at radius 3 is 2.32 bits per heavy atom. The van der Waals surface area contributed by atoms with Gasteiger partial charge < -0.3 is 4.98 Å². The monoisotopic (exact) mass is 378 g/mol. The molecule has 0 saturated carbocycles. The number of thiophene rings is 1. The second-order valence-electron chi connectivity index (χ2n) is 6.62. The molecule has 1 aliphatic heterocycles. The average Bonchev–Trinajstić information content (AvgIpc) is 3.48. The molecule has 28 heavy (non-hydrogen) atoms. The molecule has 0 unspecified atom stereocenters. The Morgan fingerprint density at radius 2 is 1.50 bits per heavy atom. The molecular formula is C25H18N2S. The summed E-state index contributed by atoms with van der Waals surface area (Å²) in [6, 6.07) is 27.2. The van der Waals surface area contributed by atoms with Crippen LogP contribution in [0, 0.1) is 0 Å². The SMILES string of the molecule is C(=C1N=C(c2ccccc2)c2ccccc21)c1ccc(/C=C/c2cccs2)[nH]1. The number of aromatic nitrogens is 1. The topological polar surface area (TPSA) is 28.1 Å². The van der Waals surface area contributed by atoms with Crippen LogP contribution in [-0.4, -0.2) is 10.7 Å². The zero-order chi connectivity index (χ0) is 18.8. The van der Waals surface area contributed by atoms with E-state index in [4.69, 9.17) is 4.99 Å². The lowest BCUT2D eigenvalue weighted by Crippen LogP contribution is -1.99. The number of hydrogen-bond donors (Lipinski definition) is 1. The Balaban J connectivity index is 1.49. The maximum atomic E-state index is 4.96. The minimum Gasteiger partial charge on any atom is -0.355 e. The summed E-state index contributed by atoms with van der Waals surface area (Å²) < 4.78 is 0. The second-order valence-corrected chi connectivity index (χ2v) is 7.60. The van der Waals surface area contributed by atoms with Crippen LogP contribution in [0.2, 0.25) is 0 Å². The Bertz CT molecular complexity index is 1190. The molecule has 2 nitrogen and oxygen atoms in total. The van der Waals surface area contributed by atoms with Crippen molar-refractivity contribution in [2.75, 3.05) is 0 Å². The number of aromatic amines is 1. The van der Waals surface area contributed by atoms with Gasteiger partial charge in [-0.15, -0.1) is 11.3 Å². The van der Waals surface area contributed by atoms with Crippen LogP contribution in [-0.2, 0) is 0 Å². The summed E-state index contributed by atoms with van der Waals surface area (Å²) in [6.45, 7) is 0. The minimum absolute atomic E-state index is 0.991. The predicted molar refractivity (Wildman–Crippen MR) is 120 cm³/mol. The van der Waals surface area contributed by atoms with Crippen LogP contribution in [0.3, 0.4) is 0 Å². The number of nitrogens with one attached hydrogen (secondary N) is 1. The van der Waals surface area contributed by atoms with Gasteiger partial charge in [0.2, 0.25) is 0 Å². The largest absolute Gasteiger partial charge is 0.355 e. The molecule has 0 bridgehead atoms. The summed E-state index contributed by atoms with van der Waals surface area (Å²) in [5, 5.41) is 2.09. The van der Waals surface area contributed by atoms with Gasteiger partial charge >= 0.3 is 0 Å². The van der Waals surface area contributed by atoms with Gasteiger partial charge in [-0.05, 0) is 41.8 Å². The third kappa shape index (κ3) is 3.28. The highest BCUT2D eigenvalue weighted by Crippen LogP contribution is 2.32. The highest BCUT2D eigenvalue weighted by atomic mass is 32.1. The molecule has 0 saturated heterocycles. The average molecular weight is 378 g/mol. The molecule has 5 rings (SSSR count). The molecule has 1 N–H and O–H groups in total. The predicted octanol–water partition coefficient (Wildman–Crippen LogP) is 6.60. The molecule has 1 aliphatic rings. The summed E-state index contributed by atoms with van der Waals surface area (Å²) in [6.07, 6.45) is 6.36. The molecule has 3 heteroatoms. The standard InChI is InChI=1S/C25H18N2S/c1-2-7-18(8-3-1)25-23-11-5-4-10-22(23)24(27-25)17-20-13-12-19(26-20)14-15-21-9-6-16-28-21/h1-17,26H/b15-14+,24-17?. The fraction of sp³-hybridized carbons (Fsp3) is 0. The molecule has 0 amide bonds. The maximum absolute atomic E-state index is 4.96. The molecule has 0 spiro atoms. The zero-order valence-corrected chi connectivity index (χ0v) is 16.0. The van der Waals surface area contributed by atoms with E-state index in [1.165, 1.54) is 16.0 Å². The normalized spacial score (nSPS) is 14.6. The summed E-state index contributed by atoms with van der Waals surface area (Å²) >= 11 is 1.74. The molecule has 134 valence electrons. The van der Waals surface area contributed by atoms with E-state index < -0.39 is 0 Å². The Labute approximate surface area is 168 Å². The van der Waals surface area contributed by atoms with E-state index in [9.17, 15) is 0 Å². The third-order valence-electron chi connectivity index (χ3n) is 4.73. The van der Waals surface area contributed by atoms with Gasteiger partial charge in [-0.3, -0.25) is 0 Å². The fourth-order valence-electron chi connectivity index (χ4n) is 3.40. The maximum Gasteiger partial charge on any atom is 0.0788 e. The number of H-pyrrole nitrogens is 1. The van der Waals surface area contributed by atoms with E-state index in [-0.39, 0.29) is 0 Å². The van der Waals surface area contributed by atoms with Crippen molar-refractivity contribution in [2.45, 2.75) is 0 Å². The van der Waals surface area contributed by atoms with Crippen molar-refractivity contribution >= 4 is 41.0 Å². The van der Waals surface area contributed by atoms with Crippen LogP contribution >= 0.6 is 11.3 Å². The molecule has 0 atom stereocenters. The first kappa shape index (κ1) is 16.7. The molecular weight excluding hydrogens is 360 g/mol. The Kier molecular flexibility index (Phi) is 4.36. The van der Waals surface area contributed by atoms with Crippen molar-refractivity contribution in [2.24, 2.45) is 4.99 Å². The van der Waals surface area contributed by atoms with Crippen molar-refractivity contribution in [3.8, 4) is 0 Å². The van der Waals surface area contributed by atoms with E-state index in [1.54, 1.807) is 11.3 Å². The first-order chi connectivity index (χ1) is 13.9. The van der Waals surface area contributed by atoms with E-state index >= 15 is 0 Å². The molecule has 2 aromatic carbocycles. The number of nitrogens with zero attached hydrogens (tertiary/aromatic N) is 1. The fourth-order valence-corrected chi connectivity index (χ4v) is 4.01. The first-order valence-electron chi connectivity index (χ1n) is 9.23. The van der Waals surface area contributed by atoms with Crippen molar-refractivity contribution < 1.29 is 0 Å². The van der Waals surface area contributed by atoms with Crippen molar-refractivity contribution in [1.82, 2.24) is 4.98 Å². The molecule has 3 heterocycles. The van der Waals surface area contributed by atoms with E-state index in [0.29, 0.717) is 0 Å². The van der Waals surface area contributed by atoms with Gasteiger partial charge in [-0.1, -0.05) is 60.7 Å². The van der Waals surface area contributed by atoms with Crippen molar-refractivity contribution in [3.05, 3.63) is 117 Å². The third-order valence-corrected chi connectivity index (χ3v) is 5.57. The number of benzene rings is 2. The van der Waals surface area contributed by atoms with Gasteiger partial charge in [0.25, 0.3) is 0 Å². The van der Waals surface area contributed by atoms with Gasteiger partial charge in [0.05, 0.1) is 11.4 Å². The van der Waals surface area contributed by atoms with Gasteiger partial charge in [-0.25, -0.2) is 4.99 Å². The van der Waals surface area contributed by atoms with Crippen LogP contribution in [0.15, 0.2) is 89.2 Å². The van der Waals surface area contributed by atoms with Gasteiger partial charge in [0.1, 0.15) is 0 Å². The lowest BCUT2D eigenvalue weighted by molar-refractivity contribution is 1.34. The summed E-state index contributed by atoms with van der Waals surface area (Å²) in [5.41, 5.74) is 7.66. The van der Waals surface area contributed by atoms with Crippen LogP contribution in [0.4, 0.5) is 0 Å². The lowest BCUT2D eigenvalue weighted by atomic mass is 9.99. The smallest absolute Gasteiger partial charge is 0.0788 e. The van der Waals surface area contributed by atoms with Crippen LogP contribution < -0.4 is 0 Å². The Morgan fingerprint density at radius 1 is 0.714 bits per heavy atom. The highest BCUT2D eigenvalue weighted by molar-refractivity contribution is 7.10. The van der Waals surface area contributed by atoms with E-state index in [2.05, 4.69) is 101 Å². The van der Waals surface area contributed by atoms with Gasteiger partial charge in [0, 0.05) is 33.0 Å². The summed E-state index contributed by atoms with van der Waals surface area (Å²) in [4.78, 5) is 9.67. The summed E-state index contributed by atoms with van der Waals surface area (Å²) in [7, 11) is 0. The lowest BCUT2D eigenvalue weighted by Gasteiger charge is -2.02.